The molecule has 0 saturated carbocycles. The molecule has 0 radical (unpaired) electrons. The molecule has 1 aliphatic rings. The maximum Gasteiger partial charge on any atom is 0.00901 e. The zero-order chi connectivity index (χ0) is 13.4. The van der Waals surface area contributed by atoms with Gasteiger partial charge in [0.2, 0.25) is 0 Å². The first kappa shape index (κ1) is 16.0. The third-order valence-corrected chi connectivity index (χ3v) is 4.34. The molecule has 0 aromatic rings. The van der Waals surface area contributed by atoms with E-state index in [9.17, 15) is 0 Å². The van der Waals surface area contributed by atoms with Crippen LogP contribution in [0, 0.1) is 11.8 Å². The number of rotatable bonds is 8. The molecule has 0 bridgehead atoms. The zero-order valence-electron chi connectivity index (χ0n) is 13.0. The molecule has 18 heavy (non-hydrogen) atoms. The van der Waals surface area contributed by atoms with Crippen molar-refractivity contribution in [2.24, 2.45) is 11.8 Å². The van der Waals surface area contributed by atoms with Crippen molar-refractivity contribution in [3.8, 4) is 0 Å². The van der Waals surface area contributed by atoms with Crippen molar-refractivity contribution in [1.29, 1.82) is 0 Å². The Labute approximate surface area is 115 Å². The molecule has 2 nitrogen and oxygen atoms in total. The third-order valence-electron chi connectivity index (χ3n) is 4.34. The van der Waals surface area contributed by atoms with Gasteiger partial charge < -0.3 is 10.2 Å². The van der Waals surface area contributed by atoms with Gasteiger partial charge in [-0.1, -0.05) is 27.7 Å². The average Bonchev–Trinajstić information content (AvgIpc) is 2.38. The van der Waals surface area contributed by atoms with E-state index in [-0.39, 0.29) is 0 Å². The van der Waals surface area contributed by atoms with Crippen LogP contribution in [-0.4, -0.2) is 37.1 Å². The van der Waals surface area contributed by atoms with Crippen molar-refractivity contribution in [2.45, 2.75) is 65.8 Å². The highest BCUT2D eigenvalue weighted by Crippen LogP contribution is 2.19. The van der Waals surface area contributed by atoms with Gasteiger partial charge in [-0.2, -0.15) is 0 Å². The molecule has 1 rings (SSSR count). The average molecular weight is 254 g/mol. The maximum atomic E-state index is 3.47. The number of piperidine rings is 1. The number of hydrogen-bond donors (Lipinski definition) is 1. The first-order valence-electron chi connectivity index (χ1n) is 8.12. The Bertz CT molecular complexity index is 193. The molecule has 1 heterocycles. The van der Waals surface area contributed by atoms with Gasteiger partial charge in [-0.15, -0.1) is 0 Å². The molecule has 2 heteroatoms. The van der Waals surface area contributed by atoms with Crippen molar-refractivity contribution in [3.63, 3.8) is 0 Å². The van der Waals surface area contributed by atoms with Crippen LogP contribution in [0.2, 0.25) is 0 Å². The molecule has 108 valence electrons. The molecule has 1 aliphatic heterocycles. The van der Waals surface area contributed by atoms with Crippen LogP contribution in [0.15, 0.2) is 0 Å². The highest BCUT2D eigenvalue weighted by molar-refractivity contribution is 4.74. The SMILES string of the molecule is CCC(CC)N(CCC1CCNCC1)CC(C)C. The Balaban J connectivity index is 2.38. The normalized spacial score (nSPS) is 18.2. The Morgan fingerprint density at radius 1 is 1.11 bits per heavy atom. The van der Waals surface area contributed by atoms with E-state index < -0.39 is 0 Å². The van der Waals surface area contributed by atoms with Crippen LogP contribution < -0.4 is 5.32 Å². The molecule has 0 unspecified atom stereocenters. The molecule has 1 saturated heterocycles. The van der Waals surface area contributed by atoms with Gasteiger partial charge in [0, 0.05) is 12.6 Å². The minimum atomic E-state index is 0.790. The molecule has 0 aromatic carbocycles. The van der Waals surface area contributed by atoms with Gasteiger partial charge in [0.25, 0.3) is 0 Å². The smallest absolute Gasteiger partial charge is 0.00901 e. The molecular formula is C16H34N2. The van der Waals surface area contributed by atoms with Crippen molar-refractivity contribution >= 4 is 0 Å². The molecule has 1 fully saturated rings. The van der Waals surface area contributed by atoms with Gasteiger partial charge in [0.1, 0.15) is 0 Å². The quantitative estimate of drug-likeness (QED) is 0.713. The second kappa shape index (κ2) is 8.92. The van der Waals surface area contributed by atoms with Crippen LogP contribution in [-0.2, 0) is 0 Å². The summed E-state index contributed by atoms with van der Waals surface area (Å²) in [6.07, 6.45) is 6.78. The molecular weight excluding hydrogens is 220 g/mol. The second-order valence-corrected chi connectivity index (χ2v) is 6.34. The van der Waals surface area contributed by atoms with Gasteiger partial charge in [-0.25, -0.2) is 0 Å². The molecule has 0 aromatic heterocycles. The highest BCUT2D eigenvalue weighted by atomic mass is 15.1. The lowest BCUT2D eigenvalue weighted by molar-refractivity contribution is 0.150. The zero-order valence-corrected chi connectivity index (χ0v) is 13.0. The second-order valence-electron chi connectivity index (χ2n) is 6.34. The summed E-state index contributed by atoms with van der Waals surface area (Å²) in [6, 6.07) is 0.800. The Morgan fingerprint density at radius 2 is 1.72 bits per heavy atom. The van der Waals surface area contributed by atoms with Gasteiger partial charge >= 0.3 is 0 Å². The monoisotopic (exact) mass is 254 g/mol. The van der Waals surface area contributed by atoms with E-state index in [1.807, 2.05) is 0 Å². The van der Waals surface area contributed by atoms with Crippen LogP contribution in [0.4, 0.5) is 0 Å². The predicted molar refractivity (Wildman–Crippen MR) is 81.0 cm³/mol. The van der Waals surface area contributed by atoms with Crippen LogP contribution in [0.3, 0.4) is 0 Å². The lowest BCUT2D eigenvalue weighted by atomic mass is 9.94. The Morgan fingerprint density at radius 3 is 2.22 bits per heavy atom. The highest BCUT2D eigenvalue weighted by Gasteiger charge is 2.19. The van der Waals surface area contributed by atoms with Gasteiger partial charge in [-0.3, -0.25) is 0 Å². The summed E-state index contributed by atoms with van der Waals surface area (Å²) in [6.45, 7) is 14.4. The molecule has 1 N–H and O–H groups in total. The fraction of sp³-hybridized carbons (Fsp3) is 1.00. The van der Waals surface area contributed by atoms with Crippen LogP contribution in [0.1, 0.15) is 59.8 Å². The van der Waals surface area contributed by atoms with Gasteiger partial charge in [0.05, 0.1) is 0 Å². The summed E-state index contributed by atoms with van der Waals surface area (Å²) in [7, 11) is 0. The summed E-state index contributed by atoms with van der Waals surface area (Å²) in [4.78, 5) is 2.76. The first-order valence-corrected chi connectivity index (χ1v) is 8.12. The minimum Gasteiger partial charge on any atom is -0.317 e. The topological polar surface area (TPSA) is 15.3 Å². The lowest BCUT2D eigenvalue weighted by Gasteiger charge is -2.34. The van der Waals surface area contributed by atoms with Crippen LogP contribution in [0.5, 0.6) is 0 Å². The van der Waals surface area contributed by atoms with Crippen LogP contribution >= 0.6 is 0 Å². The van der Waals surface area contributed by atoms with Crippen molar-refractivity contribution < 1.29 is 0 Å². The minimum absolute atomic E-state index is 0.790. The Kier molecular flexibility index (Phi) is 7.92. The van der Waals surface area contributed by atoms with Crippen molar-refractivity contribution in [2.75, 3.05) is 26.2 Å². The Hall–Kier alpha value is -0.0800. The molecule has 0 amide bonds. The van der Waals surface area contributed by atoms with E-state index in [4.69, 9.17) is 0 Å². The van der Waals surface area contributed by atoms with Crippen molar-refractivity contribution in [1.82, 2.24) is 10.2 Å². The van der Waals surface area contributed by atoms with Crippen LogP contribution in [0.25, 0.3) is 0 Å². The summed E-state index contributed by atoms with van der Waals surface area (Å²) < 4.78 is 0. The molecule has 0 atom stereocenters. The summed E-state index contributed by atoms with van der Waals surface area (Å²) in [5.74, 6) is 1.76. The summed E-state index contributed by atoms with van der Waals surface area (Å²) in [5, 5.41) is 3.47. The van der Waals surface area contributed by atoms with E-state index in [1.165, 1.54) is 58.3 Å². The fourth-order valence-electron chi connectivity index (χ4n) is 3.22. The largest absolute Gasteiger partial charge is 0.317 e. The first-order chi connectivity index (χ1) is 8.67. The maximum absolute atomic E-state index is 3.47. The third kappa shape index (κ3) is 5.71. The number of nitrogens with one attached hydrogen (secondary N) is 1. The fourth-order valence-corrected chi connectivity index (χ4v) is 3.22. The van der Waals surface area contributed by atoms with E-state index in [1.54, 1.807) is 0 Å². The van der Waals surface area contributed by atoms with Gasteiger partial charge in [-0.05, 0) is 63.6 Å². The predicted octanol–water partition coefficient (Wildman–Crippen LogP) is 3.52. The molecule has 0 spiro atoms. The number of hydrogen-bond acceptors (Lipinski definition) is 2. The van der Waals surface area contributed by atoms with E-state index in [0.717, 1.165) is 17.9 Å². The standard InChI is InChI=1S/C16H34N2/c1-5-16(6-2)18(13-14(3)4)12-9-15-7-10-17-11-8-15/h14-17H,5-13H2,1-4H3. The van der Waals surface area contributed by atoms with E-state index in [0.29, 0.717) is 0 Å². The lowest BCUT2D eigenvalue weighted by Crippen LogP contribution is -2.39. The van der Waals surface area contributed by atoms with Crippen molar-refractivity contribution in [3.05, 3.63) is 0 Å². The van der Waals surface area contributed by atoms with E-state index in [2.05, 4.69) is 37.9 Å². The number of nitrogens with zero attached hydrogens (tertiary/aromatic N) is 1. The molecule has 0 aliphatic carbocycles. The van der Waals surface area contributed by atoms with Gasteiger partial charge in [0.15, 0.2) is 0 Å². The summed E-state index contributed by atoms with van der Waals surface area (Å²) >= 11 is 0. The summed E-state index contributed by atoms with van der Waals surface area (Å²) in [5.41, 5.74) is 0. The van der Waals surface area contributed by atoms with E-state index >= 15 is 0 Å².